The number of anilines is 2. The number of hydrogen-bond acceptors (Lipinski definition) is 6. The van der Waals surface area contributed by atoms with Crippen LogP contribution in [0.5, 0.6) is 0 Å². The Morgan fingerprint density at radius 2 is 2.29 bits per heavy atom. The first-order valence-corrected chi connectivity index (χ1v) is 5.57. The molecule has 1 fully saturated rings. The van der Waals surface area contributed by atoms with E-state index in [0.29, 0.717) is 11.9 Å². The van der Waals surface area contributed by atoms with E-state index in [1.54, 1.807) is 7.05 Å². The van der Waals surface area contributed by atoms with Gasteiger partial charge in [0.25, 0.3) is 0 Å². The second kappa shape index (κ2) is 4.52. The van der Waals surface area contributed by atoms with Crippen molar-refractivity contribution in [2.45, 2.75) is 25.8 Å². The van der Waals surface area contributed by atoms with Gasteiger partial charge >= 0.3 is 5.69 Å². The molecule has 0 radical (unpaired) electrons. The highest BCUT2D eigenvalue weighted by molar-refractivity contribution is 5.57. The van der Waals surface area contributed by atoms with Crippen molar-refractivity contribution in [2.75, 3.05) is 17.7 Å². The van der Waals surface area contributed by atoms with E-state index in [2.05, 4.69) is 20.6 Å². The van der Waals surface area contributed by atoms with Crippen LogP contribution in [0.15, 0.2) is 6.20 Å². The van der Waals surface area contributed by atoms with Crippen LogP contribution >= 0.6 is 0 Å². The van der Waals surface area contributed by atoms with Gasteiger partial charge in [0.15, 0.2) is 0 Å². The zero-order valence-corrected chi connectivity index (χ0v) is 9.80. The molecule has 2 rings (SSSR count). The third kappa shape index (κ3) is 2.61. The normalized spacial score (nSPS) is 16.4. The molecule has 92 valence electrons. The second-order valence-electron chi connectivity index (χ2n) is 4.21. The maximum Gasteiger partial charge on any atom is 0.329 e. The Morgan fingerprint density at radius 3 is 2.82 bits per heavy atom. The van der Waals surface area contributed by atoms with Crippen LogP contribution < -0.4 is 10.6 Å². The first-order chi connectivity index (χ1) is 8.11. The van der Waals surface area contributed by atoms with Crippen molar-refractivity contribution in [3.05, 3.63) is 16.3 Å². The molecule has 7 heteroatoms. The van der Waals surface area contributed by atoms with Gasteiger partial charge < -0.3 is 10.6 Å². The van der Waals surface area contributed by atoms with E-state index in [4.69, 9.17) is 0 Å². The lowest BCUT2D eigenvalue weighted by molar-refractivity contribution is -0.384. The first-order valence-electron chi connectivity index (χ1n) is 5.57. The summed E-state index contributed by atoms with van der Waals surface area (Å²) < 4.78 is 0. The van der Waals surface area contributed by atoms with Crippen LogP contribution in [-0.4, -0.2) is 28.0 Å². The summed E-state index contributed by atoms with van der Waals surface area (Å²) in [5, 5.41) is 16.7. The Balaban J connectivity index is 2.23. The Morgan fingerprint density at radius 1 is 1.59 bits per heavy atom. The fourth-order valence-electron chi connectivity index (χ4n) is 1.67. The predicted octanol–water partition coefficient (Wildman–Crippen LogP) is 1.64. The standard InChI is InChI=1S/C10H15N5O2/c1-6(7-3-4-7)13-9-8(15(16)17)5-12-10(11-2)14-9/h5-7H,3-4H2,1-2H3,(H2,11,12,13,14). The van der Waals surface area contributed by atoms with Crippen LogP contribution in [-0.2, 0) is 0 Å². The monoisotopic (exact) mass is 237 g/mol. The van der Waals surface area contributed by atoms with Crippen molar-refractivity contribution in [3.8, 4) is 0 Å². The summed E-state index contributed by atoms with van der Waals surface area (Å²) in [7, 11) is 1.68. The van der Waals surface area contributed by atoms with Gasteiger partial charge in [-0.05, 0) is 25.7 Å². The van der Waals surface area contributed by atoms with Crippen molar-refractivity contribution in [1.29, 1.82) is 0 Å². The molecule has 0 aromatic carbocycles. The number of nitro groups is 1. The van der Waals surface area contributed by atoms with Gasteiger partial charge in [-0.3, -0.25) is 10.1 Å². The first kappa shape index (κ1) is 11.6. The predicted molar refractivity (Wildman–Crippen MR) is 64.0 cm³/mol. The van der Waals surface area contributed by atoms with Crippen molar-refractivity contribution < 1.29 is 4.92 Å². The minimum Gasteiger partial charge on any atom is -0.361 e. The summed E-state index contributed by atoms with van der Waals surface area (Å²) in [4.78, 5) is 18.3. The van der Waals surface area contributed by atoms with E-state index in [9.17, 15) is 10.1 Å². The number of rotatable bonds is 5. The minimum atomic E-state index is -0.471. The Hall–Kier alpha value is -1.92. The third-order valence-corrected chi connectivity index (χ3v) is 2.88. The fourth-order valence-corrected chi connectivity index (χ4v) is 1.67. The Labute approximate surface area is 98.8 Å². The van der Waals surface area contributed by atoms with Crippen LogP contribution in [0.1, 0.15) is 19.8 Å². The molecule has 17 heavy (non-hydrogen) atoms. The van der Waals surface area contributed by atoms with E-state index >= 15 is 0 Å². The van der Waals surface area contributed by atoms with Gasteiger partial charge in [-0.1, -0.05) is 0 Å². The van der Waals surface area contributed by atoms with E-state index in [1.807, 2.05) is 6.92 Å². The average molecular weight is 237 g/mol. The molecule has 0 amide bonds. The highest BCUT2D eigenvalue weighted by atomic mass is 16.6. The fraction of sp³-hybridized carbons (Fsp3) is 0.600. The van der Waals surface area contributed by atoms with E-state index in [0.717, 1.165) is 0 Å². The molecule has 2 N–H and O–H groups in total. The van der Waals surface area contributed by atoms with Gasteiger partial charge in [-0.2, -0.15) is 4.98 Å². The van der Waals surface area contributed by atoms with Crippen LogP contribution in [0.3, 0.4) is 0 Å². The molecule has 0 spiro atoms. The van der Waals surface area contributed by atoms with Gasteiger partial charge in [-0.15, -0.1) is 0 Å². The molecule has 1 aromatic heterocycles. The maximum atomic E-state index is 10.9. The molecule has 1 aliphatic rings. The topological polar surface area (TPSA) is 93.0 Å². The lowest BCUT2D eigenvalue weighted by Gasteiger charge is -2.13. The Bertz CT molecular complexity index is 433. The summed E-state index contributed by atoms with van der Waals surface area (Å²) >= 11 is 0. The zero-order valence-electron chi connectivity index (χ0n) is 9.80. The molecule has 1 unspecified atom stereocenters. The van der Waals surface area contributed by atoms with E-state index < -0.39 is 4.92 Å². The molecule has 0 bridgehead atoms. The second-order valence-corrected chi connectivity index (χ2v) is 4.21. The largest absolute Gasteiger partial charge is 0.361 e. The van der Waals surface area contributed by atoms with Crippen molar-refractivity contribution in [1.82, 2.24) is 9.97 Å². The molecular formula is C10H15N5O2. The van der Waals surface area contributed by atoms with Gasteiger partial charge in [0.1, 0.15) is 6.20 Å². The van der Waals surface area contributed by atoms with Gasteiger partial charge in [0.2, 0.25) is 11.8 Å². The number of nitrogens with one attached hydrogen (secondary N) is 2. The summed E-state index contributed by atoms with van der Waals surface area (Å²) in [6.07, 6.45) is 3.57. The summed E-state index contributed by atoms with van der Waals surface area (Å²) in [6.45, 7) is 2.02. The molecule has 0 aliphatic heterocycles. The Kier molecular flexibility index (Phi) is 3.08. The maximum absolute atomic E-state index is 10.9. The van der Waals surface area contributed by atoms with Crippen molar-refractivity contribution >= 4 is 17.5 Å². The average Bonchev–Trinajstić information content (AvgIpc) is 3.12. The highest BCUT2D eigenvalue weighted by Gasteiger charge is 2.30. The van der Waals surface area contributed by atoms with Crippen LogP contribution in [0, 0.1) is 16.0 Å². The molecule has 0 saturated heterocycles. The smallest absolute Gasteiger partial charge is 0.329 e. The SMILES string of the molecule is CNc1ncc([N+](=O)[O-])c(NC(C)C2CC2)n1. The minimum absolute atomic E-state index is 0.0866. The van der Waals surface area contributed by atoms with Crippen LogP contribution in [0.2, 0.25) is 0 Å². The van der Waals surface area contributed by atoms with Gasteiger partial charge in [0.05, 0.1) is 4.92 Å². The zero-order chi connectivity index (χ0) is 12.4. The van der Waals surface area contributed by atoms with Crippen molar-refractivity contribution in [2.24, 2.45) is 5.92 Å². The molecule has 7 nitrogen and oxygen atoms in total. The molecule has 1 atom stereocenters. The third-order valence-electron chi connectivity index (χ3n) is 2.88. The lowest BCUT2D eigenvalue weighted by Crippen LogP contribution is -2.19. The molecule has 1 aliphatic carbocycles. The highest BCUT2D eigenvalue weighted by Crippen LogP contribution is 2.35. The van der Waals surface area contributed by atoms with Gasteiger partial charge in [0, 0.05) is 13.1 Å². The van der Waals surface area contributed by atoms with Crippen molar-refractivity contribution in [3.63, 3.8) is 0 Å². The van der Waals surface area contributed by atoms with Crippen LogP contribution in [0.25, 0.3) is 0 Å². The quantitative estimate of drug-likeness (QED) is 0.597. The summed E-state index contributed by atoms with van der Waals surface area (Å²) in [6, 6.07) is 0.202. The number of aromatic nitrogens is 2. The molecule has 1 heterocycles. The summed E-state index contributed by atoms with van der Waals surface area (Å²) in [5.74, 6) is 1.26. The molecular weight excluding hydrogens is 222 g/mol. The summed E-state index contributed by atoms with van der Waals surface area (Å²) in [5.41, 5.74) is -0.0866. The lowest BCUT2D eigenvalue weighted by atomic mass is 10.2. The number of hydrogen-bond donors (Lipinski definition) is 2. The molecule has 1 aromatic rings. The van der Waals surface area contributed by atoms with E-state index in [-0.39, 0.29) is 17.5 Å². The van der Waals surface area contributed by atoms with Gasteiger partial charge in [-0.25, -0.2) is 4.98 Å². The number of nitrogens with zero attached hydrogens (tertiary/aromatic N) is 3. The molecule has 1 saturated carbocycles. The van der Waals surface area contributed by atoms with Crippen LogP contribution in [0.4, 0.5) is 17.5 Å². The van der Waals surface area contributed by atoms with E-state index in [1.165, 1.54) is 19.0 Å².